The highest BCUT2D eigenvalue weighted by Gasteiger charge is 2.59. The Morgan fingerprint density at radius 2 is 0.696 bits per heavy atom. The Morgan fingerprint density at radius 1 is 0.326 bits per heavy atom. The summed E-state index contributed by atoms with van der Waals surface area (Å²) in [6.45, 7) is 0. The first-order valence-electron chi connectivity index (χ1n) is 15.9. The van der Waals surface area contributed by atoms with E-state index in [-0.39, 0.29) is 0 Å². The zero-order chi connectivity index (χ0) is 30.5. The summed E-state index contributed by atoms with van der Waals surface area (Å²) in [5.74, 6) is 0. The Morgan fingerprint density at radius 3 is 1.17 bits per heavy atom. The van der Waals surface area contributed by atoms with Crippen LogP contribution in [-0.2, 0) is 10.8 Å². The average Bonchev–Trinajstić information content (AvgIpc) is 3.59. The lowest BCUT2D eigenvalue weighted by atomic mass is 9.51. The van der Waals surface area contributed by atoms with Crippen LogP contribution in [0, 0.1) is 11.3 Å². The molecule has 212 valence electrons. The number of hydrogen-bond donors (Lipinski definition) is 0. The van der Waals surface area contributed by atoms with Gasteiger partial charge in [0.05, 0.1) is 22.5 Å². The highest BCUT2D eigenvalue weighted by atomic mass is 14.6. The fourth-order valence-corrected chi connectivity index (χ4v) is 9.26. The molecular formula is C45H27N. The maximum Gasteiger partial charge on any atom is 0.0991 e. The van der Waals surface area contributed by atoms with Crippen molar-refractivity contribution < 1.29 is 0 Å². The summed E-state index contributed by atoms with van der Waals surface area (Å²) in [5, 5.41) is 9.66. The van der Waals surface area contributed by atoms with Gasteiger partial charge in [-0.2, -0.15) is 5.26 Å². The molecule has 0 N–H and O–H groups in total. The number of nitriles is 1. The fourth-order valence-electron chi connectivity index (χ4n) is 9.26. The largest absolute Gasteiger partial charge is 0.192 e. The van der Waals surface area contributed by atoms with Gasteiger partial charge >= 0.3 is 0 Å². The molecule has 0 atom stereocenters. The Bertz CT molecular complexity index is 2350. The van der Waals surface area contributed by atoms with Crippen LogP contribution < -0.4 is 0 Å². The molecule has 7 aromatic carbocycles. The third-order valence-corrected chi connectivity index (χ3v) is 10.8. The van der Waals surface area contributed by atoms with Gasteiger partial charge in [-0.1, -0.05) is 152 Å². The van der Waals surface area contributed by atoms with Crippen molar-refractivity contribution in [1.82, 2.24) is 0 Å². The summed E-state index contributed by atoms with van der Waals surface area (Å²) in [6.07, 6.45) is 0. The van der Waals surface area contributed by atoms with Crippen LogP contribution >= 0.6 is 0 Å². The first-order chi connectivity index (χ1) is 22.8. The van der Waals surface area contributed by atoms with E-state index in [1.54, 1.807) is 0 Å². The molecule has 0 radical (unpaired) electrons. The van der Waals surface area contributed by atoms with Gasteiger partial charge in [0.1, 0.15) is 0 Å². The Hall–Kier alpha value is -5.97. The van der Waals surface area contributed by atoms with E-state index in [9.17, 15) is 5.26 Å². The van der Waals surface area contributed by atoms with Crippen LogP contribution in [0.15, 0.2) is 164 Å². The van der Waals surface area contributed by atoms with Crippen molar-refractivity contribution in [2.24, 2.45) is 0 Å². The second-order valence-electron chi connectivity index (χ2n) is 12.6. The van der Waals surface area contributed by atoms with Crippen LogP contribution in [0.4, 0.5) is 0 Å². The molecule has 10 rings (SSSR count). The van der Waals surface area contributed by atoms with Gasteiger partial charge in [0, 0.05) is 0 Å². The summed E-state index contributed by atoms with van der Waals surface area (Å²) in [6, 6.07) is 62.6. The summed E-state index contributed by atoms with van der Waals surface area (Å²) < 4.78 is 0. The second-order valence-corrected chi connectivity index (χ2v) is 12.6. The van der Waals surface area contributed by atoms with Crippen molar-refractivity contribution in [3.63, 3.8) is 0 Å². The first kappa shape index (κ1) is 25.4. The molecule has 0 heterocycles. The molecule has 0 aliphatic heterocycles. The molecule has 3 aliphatic carbocycles. The Labute approximate surface area is 268 Å². The van der Waals surface area contributed by atoms with Gasteiger partial charge in [-0.15, -0.1) is 0 Å². The van der Waals surface area contributed by atoms with Crippen LogP contribution in [0.2, 0.25) is 0 Å². The maximum atomic E-state index is 9.66. The zero-order valence-corrected chi connectivity index (χ0v) is 25.0. The molecule has 0 fully saturated rings. The molecule has 46 heavy (non-hydrogen) atoms. The summed E-state index contributed by atoms with van der Waals surface area (Å²) in [4.78, 5) is 0. The molecule has 3 aliphatic rings. The van der Waals surface area contributed by atoms with Crippen LogP contribution in [-0.4, -0.2) is 0 Å². The Kier molecular flexibility index (Phi) is 4.98. The Balaban J connectivity index is 1.47. The molecule has 0 unspecified atom stereocenters. The van der Waals surface area contributed by atoms with Crippen molar-refractivity contribution in [2.45, 2.75) is 10.8 Å². The molecule has 0 amide bonds. The van der Waals surface area contributed by atoms with E-state index in [4.69, 9.17) is 0 Å². The molecule has 0 saturated heterocycles. The number of fused-ring (bicyclic) bond motifs is 16. The lowest BCUT2D eigenvalue weighted by molar-refractivity contribution is 0.634. The van der Waals surface area contributed by atoms with E-state index in [1.165, 1.54) is 72.3 Å². The quantitative estimate of drug-likeness (QED) is 0.189. The van der Waals surface area contributed by atoms with E-state index < -0.39 is 10.8 Å². The zero-order valence-electron chi connectivity index (χ0n) is 25.0. The summed E-state index contributed by atoms with van der Waals surface area (Å²) in [7, 11) is 0. The van der Waals surface area contributed by atoms with Crippen molar-refractivity contribution in [3.05, 3.63) is 214 Å². The number of rotatable bonds is 1. The lowest BCUT2D eigenvalue weighted by Crippen LogP contribution is -2.44. The van der Waals surface area contributed by atoms with E-state index >= 15 is 0 Å². The summed E-state index contributed by atoms with van der Waals surface area (Å²) in [5.41, 5.74) is 17.7. The molecule has 7 aromatic rings. The van der Waals surface area contributed by atoms with Crippen molar-refractivity contribution in [1.29, 1.82) is 5.26 Å². The molecule has 0 aromatic heterocycles. The second kappa shape index (κ2) is 9.04. The monoisotopic (exact) mass is 581 g/mol. The molecular weight excluding hydrogens is 555 g/mol. The van der Waals surface area contributed by atoms with Crippen LogP contribution in [0.1, 0.15) is 50.1 Å². The molecule has 1 nitrogen and oxygen atoms in total. The minimum Gasteiger partial charge on any atom is -0.192 e. The standard InChI is InChI=1S/C45H27N/c46-28-29-24-26-30(27-25-29)31-16-11-23-42-43(31)45(38-19-7-3-14-34(38)35-15-4-8-20-39(35)45)41-22-10-9-21-40(41)44(42)36-17-5-1-12-32(36)33-13-2-6-18-37(33)44/h1-27H. The fraction of sp³-hybridized carbons (Fsp3) is 0.0444. The highest BCUT2D eigenvalue weighted by Crippen LogP contribution is 2.68. The van der Waals surface area contributed by atoms with Gasteiger partial charge in [-0.3, -0.25) is 0 Å². The van der Waals surface area contributed by atoms with Gasteiger partial charge in [0.2, 0.25) is 0 Å². The maximum absolute atomic E-state index is 9.66. The minimum absolute atomic E-state index is 0.501. The van der Waals surface area contributed by atoms with E-state index in [0.717, 1.165) is 5.56 Å². The highest BCUT2D eigenvalue weighted by molar-refractivity contribution is 5.96. The van der Waals surface area contributed by atoms with Gasteiger partial charge in [-0.05, 0) is 90.0 Å². The van der Waals surface area contributed by atoms with Gasteiger partial charge < -0.3 is 0 Å². The van der Waals surface area contributed by atoms with Crippen LogP contribution in [0.25, 0.3) is 33.4 Å². The predicted molar refractivity (Wildman–Crippen MR) is 185 cm³/mol. The van der Waals surface area contributed by atoms with E-state index in [2.05, 4.69) is 158 Å². The topological polar surface area (TPSA) is 23.8 Å². The van der Waals surface area contributed by atoms with Crippen LogP contribution in [0.5, 0.6) is 0 Å². The summed E-state index contributed by atoms with van der Waals surface area (Å²) >= 11 is 0. The van der Waals surface area contributed by atoms with Gasteiger partial charge in [-0.25, -0.2) is 0 Å². The number of benzene rings is 7. The number of nitrogens with zero attached hydrogens (tertiary/aromatic N) is 1. The van der Waals surface area contributed by atoms with E-state index in [1.807, 2.05) is 12.1 Å². The molecule has 1 heteroatoms. The third-order valence-electron chi connectivity index (χ3n) is 10.8. The van der Waals surface area contributed by atoms with E-state index in [0.29, 0.717) is 5.56 Å². The number of hydrogen-bond acceptors (Lipinski definition) is 1. The van der Waals surface area contributed by atoms with Gasteiger partial charge in [0.15, 0.2) is 0 Å². The predicted octanol–water partition coefficient (Wildman–Crippen LogP) is 10.3. The molecule has 0 saturated carbocycles. The van der Waals surface area contributed by atoms with Crippen molar-refractivity contribution in [2.75, 3.05) is 0 Å². The minimum atomic E-state index is -0.540. The first-order valence-corrected chi connectivity index (χ1v) is 15.9. The molecule has 2 spiro atoms. The average molecular weight is 582 g/mol. The van der Waals surface area contributed by atoms with Crippen LogP contribution in [0.3, 0.4) is 0 Å². The lowest BCUT2D eigenvalue weighted by Gasteiger charge is -2.49. The van der Waals surface area contributed by atoms with Gasteiger partial charge in [0.25, 0.3) is 0 Å². The normalized spacial score (nSPS) is 14.8. The SMILES string of the molecule is N#Cc1ccc(-c2cccc3c2C2(c4ccccc4-c4ccccc42)c2ccccc2C32c3ccccc3-c3ccccc32)cc1. The van der Waals surface area contributed by atoms with Crippen molar-refractivity contribution in [3.8, 4) is 39.4 Å². The third kappa shape index (κ3) is 2.86. The molecule has 0 bridgehead atoms. The smallest absolute Gasteiger partial charge is 0.0991 e. The van der Waals surface area contributed by atoms with Crippen molar-refractivity contribution >= 4 is 0 Å².